The molecule has 0 saturated heterocycles. The van der Waals surface area contributed by atoms with Crippen molar-refractivity contribution >= 4 is 5.91 Å². The van der Waals surface area contributed by atoms with Crippen LogP contribution in [0.25, 0.3) is 11.3 Å². The molecule has 0 spiro atoms. The Morgan fingerprint density at radius 3 is 2.56 bits per heavy atom. The third-order valence-electron chi connectivity index (χ3n) is 4.12. The fourth-order valence-corrected chi connectivity index (χ4v) is 2.74. The summed E-state index contributed by atoms with van der Waals surface area (Å²) in [5, 5.41) is 7.15. The minimum Gasteiger partial charge on any atom is -0.496 e. The largest absolute Gasteiger partial charge is 0.496 e. The number of carbonyl (C=O) groups is 1. The molecule has 2 aromatic carbocycles. The normalized spacial score (nSPS) is 10.4. The van der Waals surface area contributed by atoms with E-state index in [4.69, 9.17) is 4.74 Å². The number of methoxy groups -OCH3 is 1. The van der Waals surface area contributed by atoms with Crippen LogP contribution in [0.3, 0.4) is 0 Å². The Kier molecular flexibility index (Phi) is 5.99. The van der Waals surface area contributed by atoms with E-state index in [1.54, 1.807) is 13.2 Å². The second kappa shape index (κ2) is 8.80. The second-order valence-electron chi connectivity index (χ2n) is 6.00. The first-order valence-electron chi connectivity index (χ1n) is 8.69. The number of nitrogens with zero attached hydrogens (tertiary/aromatic N) is 2. The monoisotopic (exact) mass is 363 g/mol. The van der Waals surface area contributed by atoms with Gasteiger partial charge in [0.15, 0.2) is 0 Å². The van der Waals surface area contributed by atoms with Gasteiger partial charge < -0.3 is 10.1 Å². The Morgan fingerprint density at radius 2 is 1.78 bits per heavy atom. The molecule has 138 valence electrons. The molecule has 0 aliphatic carbocycles. The summed E-state index contributed by atoms with van der Waals surface area (Å²) in [5.74, 6) is 0.403. The zero-order chi connectivity index (χ0) is 19.1. The Labute approximate surface area is 157 Å². The fourth-order valence-electron chi connectivity index (χ4n) is 2.74. The molecule has 1 heterocycles. The van der Waals surface area contributed by atoms with Crippen molar-refractivity contribution in [1.82, 2.24) is 15.1 Å². The van der Waals surface area contributed by atoms with E-state index in [2.05, 4.69) is 10.4 Å². The second-order valence-corrected chi connectivity index (χ2v) is 6.00. The quantitative estimate of drug-likeness (QED) is 0.699. The van der Waals surface area contributed by atoms with E-state index in [0.29, 0.717) is 18.0 Å². The number of nitrogens with one attached hydrogen (secondary N) is 1. The molecule has 0 bridgehead atoms. The van der Waals surface area contributed by atoms with E-state index in [9.17, 15) is 9.59 Å². The minimum absolute atomic E-state index is 0.128. The molecule has 0 atom stereocenters. The highest BCUT2D eigenvalue weighted by molar-refractivity contribution is 5.75. The summed E-state index contributed by atoms with van der Waals surface area (Å²) in [6.07, 6.45) is 0.732. The van der Waals surface area contributed by atoms with E-state index in [0.717, 1.165) is 17.5 Å². The summed E-state index contributed by atoms with van der Waals surface area (Å²) in [4.78, 5) is 24.3. The third-order valence-corrected chi connectivity index (χ3v) is 4.12. The van der Waals surface area contributed by atoms with Gasteiger partial charge in [-0.2, -0.15) is 5.10 Å². The highest BCUT2D eigenvalue weighted by Gasteiger charge is 2.10. The van der Waals surface area contributed by atoms with E-state index in [-0.39, 0.29) is 18.0 Å². The molecule has 0 unspecified atom stereocenters. The van der Waals surface area contributed by atoms with Crippen LogP contribution >= 0.6 is 0 Å². The van der Waals surface area contributed by atoms with Gasteiger partial charge in [-0.25, -0.2) is 4.68 Å². The van der Waals surface area contributed by atoms with Crippen molar-refractivity contribution in [1.29, 1.82) is 0 Å². The number of amides is 1. The van der Waals surface area contributed by atoms with Crippen molar-refractivity contribution < 1.29 is 9.53 Å². The van der Waals surface area contributed by atoms with Crippen molar-refractivity contribution in [3.63, 3.8) is 0 Å². The maximum Gasteiger partial charge on any atom is 0.267 e. The van der Waals surface area contributed by atoms with E-state index >= 15 is 0 Å². The summed E-state index contributed by atoms with van der Waals surface area (Å²) < 4.78 is 6.51. The molecule has 1 amide bonds. The molecule has 6 heteroatoms. The van der Waals surface area contributed by atoms with E-state index in [1.807, 2.05) is 54.6 Å². The molecule has 3 aromatic rings. The van der Waals surface area contributed by atoms with Gasteiger partial charge in [-0.15, -0.1) is 0 Å². The van der Waals surface area contributed by atoms with Crippen LogP contribution in [0.15, 0.2) is 71.5 Å². The Bertz CT molecular complexity index is 968. The first kappa shape index (κ1) is 18.4. The standard InChI is InChI=1S/C21H21N3O3/c1-27-19-10-6-5-9-17(19)18-11-12-21(26)24(23-18)15-20(25)22-14-13-16-7-3-2-4-8-16/h2-12H,13-15H2,1H3,(H,22,25). The molecule has 6 nitrogen and oxygen atoms in total. The van der Waals surface area contributed by atoms with Gasteiger partial charge in [0.25, 0.3) is 5.56 Å². The van der Waals surface area contributed by atoms with Gasteiger partial charge in [0, 0.05) is 18.2 Å². The molecule has 1 aromatic heterocycles. The molecule has 0 fully saturated rings. The summed E-state index contributed by atoms with van der Waals surface area (Å²) >= 11 is 0. The average molecular weight is 363 g/mol. The zero-order valence-electron chi connectivity index (χ0n) is 15.1. The van der Waals surface area contributed by atoms with Crippen LogP contribution < -0.4 is 15.6 Å². The van der Waals surface area contributed by atoms with Crippen molar-refractivity contribution in [2.24, 2.45) is 0 Å². The summed E-state index contributed by atoms with van der Waals surface area (Å²) in [7, 11) is 1.58. The summed E-state index contributed by atoms with van der Waals surface area (Å²) in [5.41, 5.74) is 2.15. The number of rotatable bonds is 7. The van der Waals surface area contributed by atoms with E-state index < -0.39 is 0 Å². The van der Waals surface area contributed by atoms with Gasteiger partial charge >= 0.3 is 0 Å². The molecule has 0 aliphatic rings. The highest BCUT2D eigenvalue weighted by Crippen LogP contribution is 2.26. The maximum atomic E-state index is 12.2. The summed E-state index contributed by atoms with van der Waals surface area (Å²) in [6.45, 7) is 0.375. The van der Waals surface area contributed by atoms with Crippen molar-refractivity contribution in [3.05, 3.63) is 82.6 Å². The van der Waals surface area contributed by atoms with Gasteiger partial charge in [-0.05, 0) is 30.2 Å². The van der Waals surface area contributed by atoms with Crippen LogP contribution in [-0.2, 0) is 17.8 Å². The molecule has 3 rings (SSSR count). The Hall–Kier alpha value is -3.41. The smallest absolute Gasteiger partial charge is 0.267 e. The molecule has 0 aliphatic heterocycles. The van der Waals surface area contributed by atoms with Crippen LogP contribution in [0.5, 0.6) is 5.75 Å². The predicted molar refractivity (Wildman–Crippen MR) is 104 cm³/mol. The van der Waals surface area contributed by atoms with Crippen LogP contribution in [0.2, 0.25) is 0 Å². The van der Waals surface area contributed by atoms with Crippen molar-refractivity contribution in [3.8, 4) is 17.0 Å². The fraction of sp³-hybridized carbons (Fsp3) is 0.190. The highest BCUT2D eigenvalue weighted by atomic mass is 16.5. The molecular formula is C21H21N3O3. The lowest BCUT2D eigenvalue weighted by molar-refractivity contribution is -0.121. The number of ether oxygens (including phenoxy) is 1. The predicted octanol–water partition coefficient (Wildman–Crippen LogP) is 2.28. The number of aromatic nitrogens is 2. The maximum absolute atomic E-state index is 12.2. The summed E-state index contributed by atoms with van der Waals surface area (Å²) in [6, 6.07) is 20.3. The number of hydrogen-bond acceptors (Lipinski definition) is 4. The van der Waals surface area contributed by atoms with Gasteiger partial charge in [0.05, 0.1) is 12.8 Å². The zero-order valence-corrected chi connectivity index (χ0v) is 15.1. The molecule has 0 radical (unpaired) electrons. The first-order valence-corrected chi connectivity index (χ1v) is 8.69. The number of hydrogen-bond donors (Lipinski definition) is 1. The molecule has 27 heavy (non-hydrogen) atoms. The van der Waals surface area contributed by atoms with Gasteiger partial charge in [-0.3, -0.25) is 9.59 Å². The van der Waals surface area contributed by atoms with Crippen LogP contribution in [-0.4, -0.2) is 29.3 Å². The van der Waals surface area contributed by atoms with Crippen LogP contribution in [0.4, 0.5) is 0 Å². The molecular weight excluding hydrogens is 342 g/mol. The van der Waals surface area contributed by atoms with Crippen LogP contribution in [0.1, 0.15) is 5.56 Å². The number of benzene rings is 2. The lowest BCUT2D eigenvalue weighted by Gasteiger charge is -2.10. The van der Waals surface area contributed by atoms with Crippen molar-refractivity contribution in [2.75, 3.05) is 13.7 Å². The van der Waals surface area contributed by atoms with Crippen LogP contribution in [0, 0.1) is 0 Å². The SMILES string of the molecule is COc1ccccc1-c1ccc(=O)n(CC(=O)NCCc2ccccc2)n1. The lowest BCUT2D eigenvalue weighted by atomic mass is 10.1. The number of carbonyl (C=O) groups excluding carboxylic acids is 1. The van der Waals surface area contributed by atoms with E-state index in [1.165, 1.54) is 10.7 Å². The van der Waals surface area contributed by atoms with Gasteiger partial charge in [0.1, 0.15) is 12.3 Å². The number of para-hydroxylation sites is 1. The lowest BCUT2D eigenvalue weighted by Crippen LogP contribution is -2.34. The molecule has 0 saturated carbocycles. The third kappa shape index (κ3) is 4.82. The van der Waals surface area contributed by atoms with Crippen molar-refractivity contribution in [2.45, 2.75) is 13.0 Å². The van der Waals surface area contributed by atoms with Gasteiger partial charge in [0.2, 0.25) is 5.91 Å². The topological polar surface area (TPSA) is 73.2 Å². The van der Waals surface area contributed by atoms with Gasteiger partial charge in [-0.1, -0.05) is 42.5 Å². The first-order chi connectivity index (χ1) is 13.2. The Balaban J connectivity index is 1.67. The Morgan fingerprint density at radius 1 is 1.04 bits per heavy atom. The minimum atomic E-state index is -0.327. The molecule has 1 N–H and O–H groups in total. The average Bonchev–Trinajstić information content (AvgIpc) is 2.70.